The molecule has 0 saturated heterocycles. The minimum Gasteiger partial charge on any atom is -0.346 e. The second kappa shape index (κ2) is 6.21. The van der Waals surface area contributed by atoms with Gasteiger partial charge in [0.2, 0.25) is 0 Å². The van der Waals surface area contributed by atoms with Crippen LogP contribution in [0.15, 0.2) is 0 Å². The van der Waals surface area contributed by atoms with Crippen molar-refractivity contribution in [1.29, 1.82) is 0 Å². The zero-order valence-electron chi connectivity index (χ0n) is 10.8. The van der Waals surface area contributed by atoms with Crippen molar-refractivity contribution in [2.75, 3.05) is 11.4 Å². The summed E-state index contributed by atoms with van der Waals surface area (Å²) in [5, 5.41) is 1.13. The summed E-state index contributed by atoms with van der Waals surface area (Å²) in [5.74, 6) is 0. The first-order chi connectivity index (χ1) is 7.63. The molecule has 0 amide bonds. The smallest absolute Gasteiger partial charge is 0.186 e. The fourth-order valence-electron chi connectivity index (χ4n) is 1.81. The van der Waals surface area contributed by atoms with E-state index in [0.29, 0.717) is 12.6 Å². The molecule has 1 aromatic heterocycles. The minimum atomic E-state index is 0.497. The lowest BCUT2D eigenvalue weighted by Crippen LogP contribution is -2.30. The molecule has 0 aliphatic heterocycles. The van der Waals surface area contributed by atoms with Crippen LogP contribution in [0.5, 0.6) is 0 Å². The quantitative estimate of drug-likeness (QED) is 0.832. The van der Waals surface area contributed by atoms with Gasteiger partial charge in [-0.1, -0.05) is 13.3 Å². The molecule has 0 aliphatic carbocycles. The molecule has 0 bridgehead atoms. The number of nitrogens with zero attached hydrogens (tertiary/aromatic N) is 2. The summed E-state index contributed by atoms with van der Waals surface area (Å²) in [4.78, 5) is 8.30. The van der Waals surface area contributed by atoms with E-state index in [0.717, 1.165) is 24.5 Å². The predicted octanol–water partition coefficient (Wildman–Crippen LogP) is 2.79. The van der Waals surface area contributed by atoms with Crippen LogP contribution in [0, 0.1) is 0 Å². The normalized spacial score (nSPS) is 11.1. The third-order valence-electron chi connectivity index (χ3n) is 2.65. The van der Waals surface area contributed by atoms with E-state index in [2.05, 4.69) is 32.6 Å². The highest BCUT2D eigenvalue weighted by atomic mass is 32.1. The van der Waals surface area contributed by atoms with Crippen LogP contribution in [-0.4, -0.2) is 17.6 Å². The average molecular weight is 241 g/mol. The van der Waals surface area contributed by atoms with Crippen molar-refractivity contribution in [1.82, 2.24) is 4.98 Å². The summed E-state index contributed by atoms with van der Waals surface area (Å²) >= 11 is 1.75. The SMILES string of the molecule is CCCc1nc(N(CC)C(C)C)sc1CN. The van der Waals surface area contributed by atoms with Crippen LogP contribution < -0.4 is 10.6 Å². The highest BCUT2D eigenvalue weighted by Gasteiger charge is 2.15. The molecule has 3 nitrogen and oxygen atoms in total. The van der Waals surface area contributed by atoms with Gasteiger partial charge in [-0.05, 0) is 27.2 Å². The van der Waals surface area contributed by atoms with E-state index < -0.39 is 0 Å². The highest BCUT2D eigenvalue weighted by Crippen LogP contribution is 2.28. The zero-order chi connectivity index (χ0) is 12.1. The van der Waals surface area contributed by atoms with Gasteiger partial charge in [0.05, 0.1) is 5.69 Å². The van der Waals surface area contributed by atoms with Crippen LogP contribution in [0.1, 0.15) is 44.7 Å². The minimum absolute atomic E-state index is 0.497. The standard InChI is InChI=1S/C12H23N3S/c1-5-7-10-11(8-13)16-12(14-10)15(6-2)9(3)4/h9H,5-8,13H2,1-4H3. The van der Waals surface area contributed by atoms with Gasteiger partial charge < -0.3 is 10.6 Å². The Morgan fingerprint density at radius 2 is 2.06 bits per heavy atom. The average Bonchev–Trinajstić information content (AvgIpc) is 2.62. The van der Waals surface area contributed by atoms with E-state index in [1.165, 1.54) is 10.6 Å². The summed E-state index contributed by atoms with van der Waals surface area (Å²) in [6.45, 7) is 10.4. The van der Waals surface area contributed by atoms with E-state index in [1.54, 1.807) is 11.3 Å². The summed E-state index contributed by atoms with van der Waals surface area (Å²) < 4.78 is 0. The maximum absolute atomic E-state index is 5.76. The largest absolute Gasteiger partial charge is 0.346 e. The molecule has 0 fully saturated rings. The third kappa shape index (κ3) is 2.95. The van der Waals surface area contributed by atoms with Gasteiger partial charge in [0.15, 0.2) is 5.13 Å². The molecule has 4 heteroatoms. The Kier molecular flexibility index (Phi) is 5.22. The number of rotatable bonds is 6. The Balaban J connectivity index is 2.96. The van der Waals surface area contributed by atoms with Crippen LogP contribution in [0.25, 0.3) is 0 Å². The molecule has 92 valence electrons. The molecule has 0 radical (unpaired) electrons. The van der Waals surface area contributed by atoms with Gasteiger partial charge in [-0.25, -0.2) is 4.98 Å². The van der Waals surface area contributed by atoms with Gasteiger partial charge >= 0.3 is 0 Å². The van der Waals surface area contributed by atoms with Crippen molar-refractivity contribution in [2.45, 2.75) is 53.1 Å². The van der Waals surface area contributed by atoms with Crippen molar-refractivity contribution in [2.24, 2.45) is 5.73 Å². The molecule has 0 unspecified atom stereocenters. The third-order valence-corrected chi connectivity index (χ3v) is 3.81. The molecule has 16 heavy (non-hydrogen) atoms. The lowest BCUT2D eigenvalue weighted by Gasteiger charge is -2.24. The number of aryl methyl sites for hydroxylation is 1. The van der Waals surface area contributed by atoms with Crippen molar-refractivity contribution < 1.29 is 0 Å². The van der Waals surface area contributed by atoms with E-state index in [-0.39, 0.29) is 0 Å². The maximum atomic E-state index is 5.76. The second-order valence-electron chi connectivity index (χ2n) is 4.20. The zero-order valence-corrected chi connectivity index (χ0v) is 11.6. The molecule has 0 aliphatic rings. The van der Waals surface area contributed by atoms with Crippen LogP contribution >= 0.6 is 11.3 Å². The van der Waals surface area contributed by atoms with E-state index in [4.69, 9.17) is 10.7 Å². The first kappa shape index (κ1) is 13.5. The number of hydrogen-bond donors (Lipinski definition) is 1. The monoisotopic (exact) mass is 241 g/mol. The second-order valence-corrected chi connectivity index (χ2v) is 5.26. The number of thiazole rings is 1. The Morgan fingerprint density at radius 3 is 2.50 bits per heavy atom. The fourth-order valence-corrected chi connectivity index (χ4v) is 2.99. The summed E-state index contributed by atoms with van der Waals surface area (Å²) in [5.41, 5.74) is 6.96. The van der Waals surface area contributed by atoms with Crippen LogP contribution in [0.2, 0.25) is 0 Å². The molecular weight excluding hydrogens is 218 g/mol. The molecule has 1 aromatic rings. The van der Waals surface area contributed by atoms with Gasteiger partial charge in [0.1, 0.15) is 0 Å². The van der Waals surface area contributed by atoms with Crippen molar-refractivity contribution in [3.8, 4) is 0 Å². The summed E-state index contributed by atoms with van der Waals surface area (Å²) in [7, 11) is 0. The number of nitrogens with two attached hydrogens (primary N) is 1. The predicted molar refractivity (Wildman–Crippen MR) is 72.2 cm³/mol. The number of aromatic nitrogens is 1. The topological polar surface area (TPSA) is 42.2 Å². The van der Waals surface area contributed by atoms with Gasteiger partial charge in [0, 0.05) is 24.0 Å². The molecule has 2 N–H and O–H groups in total. The molecular formula is C12H23N3S. The molecule has 1 rings (SSSR count). The first-order valence-corrected chi connectivity index (χ1v) is 6.90. The lowest BCUT2D eigenvalue weighted by molar-refractivity contribution is 0.698. The molecule has 0 aromatic carbocycles. The van der Waals surface area contributed by atoms with Crippen molar-refractivity contribution >= 4 is 16.5 Å². The van der Waals surface area contributed by atoms with Crippen LogP contribution in [0.3, 0.4) is 0 Å². The van der Waals surface area contributed by atoms with Crippen molar-refractivity contribution in [3.63, 3.8) is 0 Å². The summed E-state index contributed by atoms with van der Waals surface area (Å²) in [6, 6.07) is 0.497. The van der Waals surface area contributed by atoms with E-state index in [1.807, 2.05) is 0 Å². The number of hydrogen-bond acceptors (Lipinski definition) is 4. The lowest BCUT2D eigenvalue weighted by atomic mass is 10.2. The summed E-state index contributed by atoms with van der Waals surface area (Å²) in [6.07, 6.45) is 2.17. The van der Waals surface area contributed by atoms with E-state index in [9.17, 15) is 0 Å². The van der Waals surface area contributed by atoms with Crippen molar-refractivity contribution in [3.05, 3.63) is 10.6 Å². The molecule has 0 spiro atoms. The van der Waals surface area contributed by atoms with E-state index >= 15 is 0 Å². The molecule has 0 atom stereocenters. The number of anilines is 1. The molecule has 0 saturated carbocycles. The Hall–Kier alpha value is -0.610. The van der Waals surface area contributed by atoms with Gasteiger partial charge in [0.25, 0.3) is 0 Å². The fraction of sp³-hybridized carbons (Fsp3) is 0.750. The van der Waals surface area contributed by atoms with Gasteiger partial charge in [-0.15, -0.1) is 11.3 Å². The Bertz CT molecular complexity index is 320. The van der Waals surface area contributed by atoms with Crippen LogP contribution in [0.4, 0.5) is 5.13 Å². The first-order valence-electron chi connectivity index (χ1n) is 6.09. The van der Waals surface area contributed by atoms with Gasteiger partial charge in [-0.3, -0.25) is 0 Å². The maximum Gasteiger partial charge on any atom is 0.186 e. The van der Waals surface area contributed by atoms with Crippen LogP contribution in [-0.2, 0) is 13.0 Å². The highest BCUT2D eigenvalue weighted by molar-refractivity contribution is 7.15. The van der Waals surface area contributed by atoms with Gasteiger partial charge in [-0.2, -0.15) is 0 Å². The molecule has 1 heterocycles. The Labute approximate surface area is 103 Å². The Morgan fingerprint density at radius 1 is 1.38 bits per heavy atom.